The highest BCUT2D eigenvalue weighted by molar-refractivity contribution is 8.13. The lowest BCUT2D eigenvalue weighted by molar-refractivity contribution is 0.241. The van der Waals surface area contributed by atoms with Crippen LogP contribution >= 0.6 is 11.8 Å². The van der Waals surface area contributed by atoms with Gasteiger partial charge in [0.2, 0.25) is 0 Å². The highest BCUT2D eigenvalue weighted by Gasteiger charge is 2.05. The number of amides is 1. The van der Waals surface area contributed by atoms with E-state index in [1.807, 2.05) is 0 Å². The molecule has 0 saturated carbocycles. The third kappa shape index (κ3) is 2.99. The molecule has 0 atom stereocenters. The molecular formula is C9H11NO2S. The van der Waals surface area contributed by atoms with Crippen LogP contribution in [0.5, 0.6) is 5.75 Å². The minimum Gasteiger partial charge on any atom is -0.508 e. The van der Waals surface area contributed by atoms with Crippen molar-refractivity contribution in [1.29, 1.82) is 0 Å². The fourth-order valence-corrected chi connectivity index (χ4v) is 1.36. The van der Waals surface area contributed by atoms with Crippen LogP contribution in [-0.2, 0) is 0 Å². The molecule has 0 aliphatic rings. The first-order valence-electron chi connectivity index (χ1n) is 3.78. The number of aromatic hydroxyl groups is 1. The third-order valence-electron chi connectivity index (χ3n) is 1.41. The normalized spacial score (nSPS) is 9.69. The Morgan fingerprint density at radius 2 is 1.85 bits per heavy atom. The number of phenols is 1. The van der Waals surface area contributed by atoms with Crippen LogP contribution in [0.1, 0.15) is 0 Å². The molecule has 0 fully saturated rings. The van der Waals surface area contributed by atoms with Gasteiger partial charge in [-0.05, 0) is 36.0 Å². The largest absolute Gasteiger partial charge is 0.508 e. The van der Waals surface area contributed by atoms with Crippen LogP contribution in [0, 0.1) is 0 Å². The molecule has 0 aliphatic carbocycles. The summed E-state index contributed by atoms with van der Waals surface area (Å²) in [5.41, 5.74) is 0. The molecule has 0 spiro atoms. The molecule has 0 radical (unpaired) electrons. The van der Waals surface area contributed by atoms with Crippen molar-refractivity contribution in [3.63, 3.8) is 0 Å². The average molecular weight is 197 g/mol. The van der Waals surface area contributed by atoms with E-state index in [0.717, 1.165) is 16.7 Å². The molecule has 70 valence electrons. The zero-order chi connectivity index (χ0) is 9.84. The summed E-state index contributed by atoms with van der Waals surface area (Å²) >= 11 is 1.14. The molecule has 1 N–H and O–H groups in total. The molecule has 3 nitrogen and oxygen atoms in total. The predicted molar refractivity (Wildman–Crippen MR) is 53.0 cm³/mol. The lowest BCUT2D eigenvalue weighted by Gasteiger charge is -2.08. The molecule has 0 saturated heterocycles. The Kier molecular flexibility index (Phi) is 3.19. The van der Waals surface area contributed by atoms with Crippen molar-refractivity contribution in [2.45, 2.75) is 4.90 Å². The van der Waals surface area contributed by atoms with Crippen LogP contribution < -0.4 is 0 Å². The number of phenolic OH excluding ortho intramolecular Hbond substituents is 1. The number of hydrogen-bond acceptors (Lipinski definition) is 3. The lowest BCUT2D eigenvalue weighted by atomic mass is 10.3. The van der Waals surface area contributed by atoms with Crippen LogP contribution in [0.3, 0.4) is 0 Å². The fraction of sp³-hybridized carbons (Fsp3) is 0.222. The van der Waals surface area contributed by atoms with E-state index >= 15 is 0 Å². The lowest BCUT2D eigenvalue weighted by Crippen LogP contribution is -2.15. The van der Waals surface area contributed by atoms with Gasteiger partial charge in [-0.25, -0.2) is 0 Å². The molecule has 1 rings (SSSR count). The third-order valence-corrected chi connectivity index (χ3v) is 2.45. The molecule has 1 aromatic carbocycles. The fourth-order valence-electron chi connectivity index (χ4n) is 0.706. The van der Waals surface area contributed by atoms with E-state index in [4.69, 9.17) is 5.11 Å². The summed E-state index contributed by atoms with van der Waals surface area (Å²) in [6.45, 7) is 0. The zero-order valence-corrected chi connectivity index (χ0v) is 8.34. The second-order valence-corrected chi connectivity index (χ2v) is 3.78. The van der Waals surface area contributed by atoms with Crippen molar-refractivity contribution in [3.05, 3.63) is 24.3 Å². The molecular weight excluding hydrogens is 186 g/mol. The maximum absolute atomic E-state index is 11.2. The van der Waals surface area contributed by atoms with Crippen molar-refractivity contribution in [2.75, 3.05) is 14.1 Å². The summed E-state index contributed by atoms with van der Waals surface area (Å²) < 4.78 is 0. The first kappa shape index (κ1) is 9.92. The smallest absolute Gasteiger partial charge is 0.285 e. The van der Waals surface area contributed by atoms with Gasteiger partial charge in [0.15, 0.2) is 0 Å². The summed E-state index contributed by atoms with van der Waals surface area (Å²) in [4.78, 5) is 13.6. The van der Waals surface area contributed by atoms with Gasteiger partial charge in [0.25, 0.3) is 5.24 Å². The number of nitrogens with zero attached hydrogens (tertiary/aromatic N) is 1. The number of carbonyl (C=O) groups is 1. The molecule has 1 aromatic rings. The first-order valence-corrected chi connectivity index (χ1v) is 4.59. The van der Waals surface area contributed by atoms with Crippen molar-refractivity contribution in [2.24, 2.45) is 0 Å². The standard InChI is InChI=1S/C9H11NO2S/c1-10(2)9(12)13-8-5-3-7(11)4-6-8/h3-6,11H,1-2H3. The second kappa shape index (κ2) is 4.18. The van der Waals surface area contributed by atoms with Crippen LogP contribution in [0.2, 0.25) is 0 Å². The van der Waals surface area contributed by atoms with Crippen molar-refractivity contribution < 1.29 is 9.90 Å². The quantitative estimate of drug-likeness (QED) is 0.701. The van der Waals surface area contributed by atoms with Gasteiger partial charge >= 0.3 is 0 Å². The van der Waals surface area contributed by atoms with Gasteiger partial charge in [0.1, 0.15) is 5.75 Å². The van der Waals surface area contributed by atoms with Gasteiger partial charge in [0.05, 0.1) is 0 Å². The Morgan fingerprint density at radius 1 is 1.31 bits per heavy atom. The van der Waals surface area contributed by atoms with Gasteiger partial charge in [-0.2, -0.15) is 0 Å². The minimum atomic E-state index is -0.0225. The second-order valence-electron chi connectivity index (χ2n) is 2.76. The molecule has 0 unspecified atom stereocenters. The highest BCUT2D eigenvalue weighted by atomic mass is 32.2. The maximum Gasteiger partial charge on any atom is 0.285 e. The SMILES string of the molecule is CN(C)C(=O)Sc1ccc(O)cc1. The van der Waals surface area contributed by atoms with E-state index in [1.54, 1.807) is 38.4 Å². The number of carbonyl (C=O) groups excluding carboxylic acids is 1. The van der Waals surface area contributed by atoms with Gasteiger partial charge in [0, 0.05) is 19.0 Å². The summed E-state index contributed by atoms with van der Waals surface area (Å²) in [5, 5.41) is 8.97. The van der Waals surface area contributed by atoms with Crippen molar-refractivity contribution >= 4 is 17.0 Å². The van der Waals surface area contributed by atoms with Crippen LogP contribution in [0.15, 0.2) is 29.2 Å². The van der Waals surface area contributed by atoms with E-state index in [9.17, 15) is 4.79 Å². The van der Waals surface area contributed by atoms with Crippen LogP contribution in [0.25, 0.3) is 0 Å². The molecule has 1 amide bonds. The molecule has 4 heteroatoms. The van der Waals surface area contributed by atoms with Gasteiger partial charge < -0.3 is 10.0 Å². The van der Waals surface area contributed by atoms with E-state index in [0.29, 0.717) is 0 Å². The number of thioether (sulfide) groups is 1. The van der Waals surface area contributed by atoms with Crippen LogP contribution in [0.4, 0.5) is 4.79 Å². The topological polar surface area (TPSA) is 40.5 Å². The van der Waals surface area contributed by atoms with Gasteiger partial charge in [-0.3, -0.25) is 4.79 Å². The van der Waals surface area contributed by atoms with Crippen LogP contribution in [-0.4, -0.2) is 29.3 Å². The van der Waals surface area contributed by atoms with E-state index in [1.165, 1.54) is 4.90 Å². The van der Waals surface area contributed by atoms with Gasteiger partial charge in [-0.15, -0.1) is 0 Å². The zero-order valence-electron chi connectivity index (χ0n) is 7.52. The van der Waals surface area contributed by atoms with E-state index in [-0.39, 0.29) is 11.0 Å². The molecule has 0 bridgehead atoms. The number of benzene rings is 1. The summed E-state index contributed by atoms with van der Waals surface area (Å²) in [5.74, 6) is 0.210. The van der Waals surface area contributed by atoms with E-state index in [2.05, 4.69) is 0 Å². The first-order chi connectivity index (χ1) is 6.09. The Hall–Kier alpha value is -1.16. The monoisotopic (exact) mass is 197 g/mol. The Balaban J connectivity index is 2.65. The summed E-state index contributed by atoms with van der Waals surface area (Å²) in [6, 6.07) is 6.54. The predicted octanol–water partition coefficient (Wildman–Crippen LogP) is 2.17. The van der Waals surface area contributed by atoms with Gasteiger partial charge in [-0.1, -0.05) is 0 Å². The van der Waals surface area contributed by atoms with Crippen molar-refractivity contribution in [3.8, 4) is 5.75 Å². The molecule has 0 aromatic heterocycles. The number of rotatable bonds is 1. The Labute approximate surface area is 81.4 Å². The maximum atomic E-state index is 11.2. The molecule has 13 heavy (non-hydrogen) atoms. The number of hydrogen-bond donors (Lipinski definition) is 1. The van der Waals surface area contributed by atoms with Crippen molar-refractivity contribution in [1.82, 2.24) is 4.90 Å². The minimum absolute atomic E-state index is 0.0225. The molecule has 0 heterocycles. The van der Waals surface area contributed by atoms with E-state index < -0.39 is 0 Å². The highest BCUT2D eigenvalue weighted by Crippen LogP contribution is 2.22. The summed E-state index contributed by atoms with van der Waals surface area (Å²) in [7, 11) is 3.41. The Bertz CT molecular complexity index is 295. The summed E-state index contributed by atoms with van der Waals surface area (Å²) in [6.07, 6.45) is 0. The molecule has 0 aliphatic heterocycles. The Morgan fingerprint density at radius 3 is 2.31 bits per heavy atom. The average Bonchev–Trinajstić information content (AvgIpc) is 2.08.